The summed E-state index contributed by atoms with van der Waals surface area (Å²) in [6, 6.07) is 11.2. The van der Waals surface area contributed by atoms with Crippen molar-refractivity contribution < 1.29 is 14.7 Å². The second kappa shape index (κ2) is 5.24. The Morgan fingerprint density at radius 2 is 1.63 bits per heavy atom. The molecule has 19 heavy (non-hydrogen) atoms. The molecule has 0 spiro atoms. The van der Waals surface area contributed by atoms with Crippen molar-refractivity contribution in [1.82, 2.24) is 0 Å². The molecule has 2 rings (SSSR count). The van der Waals surface area contributed by atoms with Gasteiger partial charge in [0.2, 0.25) is 0 Å². The van der Waals surface area contributed by atoms with E-state index in [-0.39, 0.29) is 16.9 Å². The monoisotopic (exact) mass is 274 g/mol. The molecule has 4 heteroatoms. The highest BCUT2D eigenvalue weighted by Crippen LogP contribution is 2.22. The number of halogens is 1. The maximum Gasteiger partial charge on any atom is 0.336 e. The number of aromatic carboxylic acids is 1. The number of carboxylic acid groups (broad SMARTS) is 1. The summed E-state index contributed by atoms with van der Waals surface area (Å²) in [6.45, 7) is 1.87. The molecule has 0 atom stereocenters. The quantitative estimate of drug-likeness (QED) is 0.871. The first-order valence-electron chi connectivity index (χ1n) is 5.64. The van der Waals surface area contributed by atoms with Gasteiger partial charge in [0.1, 0.15) is 0 Å². The van der Waals surface area contributed by atoms with E-state index in [0.29, 0.717) is 10.6 Å². The Morgan fingerprint density at radius 1 is 1.00 bits per heavy atom. The van der Waals surface area contributed by atoms with Gasteiger partial charge in [0.25, 0.3) is 0 Å². The number of hydrogen-bond acceptors (Lipinski definition) is 2. The van der Waals surface area contributed by atoms with Crippen LogP contribution in [0, 0.1) is 6.92 Å². The molecule has 1 N–H and O–H groups in total. The minimum atomic E-state index is -1.13. The van der Waals surface area contributed by atoms with E-state index in [1.165, 1.54) is 12.1 Å². The van der Waals surface area contributed by atoms with Crippen LogP contribution < -0.4 is 0 Å². The number of hydrogen-bond donors (Lipinski definition) is 1. The molecule has 0 aliphatic carbocycles. The molecule has 0 radical (unpaired) electrons. The normalized spacial score (nSPS) is 10.2. The van der Waals surface area contributed by atoms with Crippen LogP contribution in [0.4, 0.5) is 0 Å². The fourth-order valence-corrected chi connectivity index (χ4v) is 2.14. The average molecular weight is 275 g/mol. The summed E-state index contributed by atoms with van der Waals surface area (Å²) in [6.07, 6.45) is 0. The summed E-state index contributed by atoms with van der Waals surface area (Å²) >= 11 is 6.04. The summed E-state index contributed by atoms with van der Waals surface area (Å²) in [5.74, 6) is -1.52. The van der Waals surface area contributed by atoms with E-state index in [0.717, 1.165) is 5.56 Å². The second-order valence-electron chi connectivity index (χ2n) is 4.16. The molecule has 0 heterocycles. The van der Waals surface area contributed by atoms with Crippen LogP contribution in [-0.2, 0) is 0 Å². The summed E-state index contributed by atoms with van der Waals surface area (Å²) in [5, 5.41) is 9.41. The van der Waals surface area contributed by atoms with Crippen LogP contribution in [0.1, 0.15) is 31.8 Å². The van der Waals surface area contributed by atoms with E-state index < -0.39 is 5.97 Å². The van der Waals surface area contributed by atoms with Crippen molar-refractivity contribution in [2.45, 2.75) is 6.92 Å². The molecule has 0 bridgehead atoms. The molecule has 0 aliphatic rings. The third-order valence-corrected chi connectivity index (χ3v) is 3.08. The van der Waals surface area contributed by atoms with Gasteiger partial charge >= 0.3 is 5.97 Å². The fourth-order valence-electron chi connectivity index (χ4n) is 1.82. The smallest absolute Gasteiger partial charge is 0.336 e. The van der Waals surface area contributed by atoms with Crippen LogP contribution >= 0.6 is 11.6 Å². The third kappa shape index (κ3) is 2.66. The number of rotatable bonds is 3. The first-order chi connectivity index (χ1) is 9.00. The van der Waals surface area contributed by atoms with Crippen LogP contribution in [0.3, 0.4) is 0 Å². The Balaban J connectivity index is 2.53. The summed E-state index contributed by atoms with van der Waals surface area (Å²) in [5.41, 5.74) is 1.36. The zero-order valence-electron chi connectivity index (χ0n) is 10.2. The van der Waals surface area contributed by atoms with Crippen LogP contribution in [0.2, 0.25) is 5.02 Å². The maximum absolute atomic E-state index is 12.4. The summed E-state index contributed by atoms with van der Waals surface area (Å²) in [7, 11) is 0. The molecule has 0 unspecified atom stereocenters. The van der Waals surface area contributed by atoms with Gasteiger partial charge in [-0.25, -0.2) is 4.79 Å². The molecule has 3 nitrogen and oxygen atoms in total. The van der Waals surface area contributed by atoms with Crippen molar-refractivity contribution in [3.05, 3.63) is 69.7 Å². The number of carboxylic acids is 1. The van der Waals surface area contributed by atoms with Gasteiger partial charge in [0, 0.05) is 11.1 Å². The van der Waals surface area contributed by atoms with Crippen LogP contribution in [0.15, 0.2) is 42.5 Å². The van der Waals surface area contributed by atoms with Gasteiger partial charge in [-0.1, -0.05) is 35.9 Å². The van der Waals surface area contributed by atoms with E-state index in [4.69, 9.17) is 16.7 Å². The van der Waals surface area contributed by atoms with E-state index in [2.05, 4.69) is 0 Å². The van der Waals surface area contributed by atoms with Crippen molar-refractivity contribution >= 4 is 23.4 Å². The zero-order chi connectivity index (χ0) is 14.0. The van der Waals surface area contributed by atoms with Crippen molar-refractivity contribution in [1.29, 1.82) is 0 Å². The Hall–Kier alpha value is -2.13. The lowest BCUT2D eigenvalue weighted by Gasteiger charge is -2.07. The van der Waals surface area contributed by atoms with Crippen molar-refractivity contribution in [3.63, 3.8) is 0 Å². The first kappa shape index (κ1) is 13.3. The van der Waals surface area contributed by atoms with E-state index in [9.17, 15) is 9.59 Å². The second-order valence-corrected chi connectivity index (χ2v) is 4.57. The van der Waals surface area contributed by atoms with Crippen molar-refractivity contribution in [2.75, 3.05) is 0 Å². The lowest BCUT2D eigenvalue weighted by atomic mass is 9.98. The highest BCUT2D eigenvalue weighted by Gasteiger charge is 2.19. The molecule has 0 saturated heterocycles. The largest absolute Gasteiger partial charge is 0.478 e. The third-order valence-electron chi connectivity index (χ3n) is 2.77. The fraction of sp³-hybridized carbons (Fsp3) is 0.0667. The predicted molar refractivity (Wildman–Crippen MR) is 73.0 cm³/mol. The lowest BCUT2D eigenvalue weighted by molar-refractivity contribution is 0.0693. The lowest BCUT2D eigenvalue weighted by Crippen LogP contribution is -2.10. The molecule has 0 saturated carbocycles. The van der Waals surface area contributed by atoms with Crippen LogP contribution in [0.5, 0.6) is 0 Å². The van der Waals surface area contributed by atoms with Gasteiger partial charge in [0.15, 0.2) is 5.78 Å². The number of ketones is 1. The van der Waals surface area contributed by atoms with Crippen LogP contribution in [-0.4, -0.2) is 16.9 Å². The molecule has 0 aliphatic heterocycles. The number of carbonyl (C=O) groups is 2. The molecular weight excluding hydrogens is 264 g/mol. The number of carbonyl (C=O) groups excluding carboxylic acids is 1. The van der Waals surface area contributed by atoms with Crippen molar-refractivity contribution in [2.24, 2.45) is 0 Å². The Kier molecular flexibility index (Phi) is 3.67. The molecular formula is C15H11ClO3. The summed E-state index contributed by atoms with van der Waals surface area (Å²) in [4.78, 5) is 23.5. The van der Waals surface area contributed by atoms with Gasteiger partial charge in [-0.05, 0) is 30.7 Å². The Bertz CT molecular complexity index is 662. The topological polar surface area (TPSA) is 54.4 Å². The predicted octanol–water partition coefficient (Wildman–Crippen LogP) is 3.58. The van der Waals surface area contributed by atoms with Gasteiger partial charge in [-0.3, -0.25) is 4.79 Å². The van der Waals surface area contributed by atoms with Gasteiger partial charge in [-0.15, -0.1) is 0 Å². The first-order valence-corrected chi connectivity index (χ1v) is 6.01. The van der Waals surface area contributed by atoms with E-state index >= 15 is 0 Å². The zero-order valence-corrected chi connectivity index (χ0v) is 10.9. The molecule has 0 fully saturated rings. The van der Waals surface area contributed by atoms with Crippen molar-refractivity contribution in [3.8, 4) is 0 Å². The number of benzene rings is 2. The molecule has 0 aromatic heterocycles. The van der Waals surface area contributed by atoms with Crippen LogP contribution in [0.25, 0.3) is 0 Å². The summed E-state index contributed by atoms with van der Waals surface area (Å²) < 4.78 is 0. The standard InChI is InChI=1S/C15H11ClO3/c1-9-6-7-12(13(16)8-9)14(17)10-4-2-3-5-11(10)15(18)19/h2-8H,1H3,(H,18,19). The number of aryl methyl sites for hydroxylation is 1. The van der Waals surface area contributed by atoms with Gasteiger partial charge in [-0.2, -0.15) is 0 Å². The molecule has 96 valence electrons. The highest BCUT2D eigenvalue weighted by molar-refractivity contribution is 6.35. The van der Waals surface area contributed by atoms with E-state index in [1.807, 2.05) is 6.92 Å². The molecule has 0 amide bonds. The highest BCUT2D eigenvalue weighted by atomic mass is 35.5. The molecule has 2 aromatic carbocycles. The van der Waals surface area contributed by atoms with E-state index in [1.54, 1.807) is 30.3 Å². The Labute approximate surface area is 115 Å². The average Bonchev–Trinajstić information content (AvgIpc) is 2.38. The Morgan fingerprint density at radius 3 is 2.21 bits per heavy atom. The maximum atomic E-state index is 12.4. The van der Waals surface area contributed by atoms with Gasteiger partial charge < -0.3 is 5.11 Å². The minimum absolute atomic E-state index is 0.0239. The van der Waals surface area contributed by atoms with Gasteiger partial charge in [0.05, 0.1) is 10.6 Å². The minimum Gasteiger partial charge on any atom is -0.478 e. The molecule has 2 aromatic rings. The SMILES string of the molecule is Cc1ccc(C(=O)c2ccccc2C(=O)O)c(Cl)c1.